The molecule has 0 heterocycles. The van der Waals surface area contributed by atoms with Gasteiger partial charge < -0.3 is 9.47 Å². The summed E-state index contributed by atoms with van der Waals surface area (Å²) in [5.41, 5.74) is 0. The number of allylic oxidation sites excluding steroid dienone is 8. The van der Waals surface area contributed by atoms with Crippen LogP contribution in [0.2, 0.25) is 0 Å². The minimum Gasteiger partial charge on any atom is -0.379 e. The molecule has 2 unspecified atom stereocenters. The van der Waals surface area contributed by atoms with Gasteiger partial charge in [0.05, 0.1) is 13.2 Å². The van der Waals surface area contributed by atoms with Crippen LogP contribution in [0.4, 0.5) is 0 Å². The van der Waals surface area contributed by atoms with Gasteiger partial charge in [0.15, 0.2) is 0 Å². The van der Waals surface area contributed by atoms with E-state index in [-0.39, 0.29) is 12.7 Å². The summed E-state index contributed by atoms with van der Waals surface area (Å²) in [6.45, 7) is 6.61. The average Bonchev–Trinajstić information content (AvgIpc) is 3.03. The van der Waals surface area contributed by atoms with Crippen molar-refractivity contribution in [3.8, 4) is 0 Å². The molecule has 0 bridgehead atoms. The molecule has 46 heavy (non-hydrogen) atoms. The zero-order valence-electron chi connectivity index (χ0n) is 30.4. The Morgan fingerprint density at radius 2 is 0.913 bits per heavy atom. The lowest BCUT2D eigenvalue weighted by Crippen LogP contribution is -2.27. The number of unbranched alkanes of at least 4 members (excludes halogenated alkanes) is 18. The normalized spacial score (nSPS) is 14.4. The zero-order valence-corrected chi connectivity index (χ0v) is 32.1. The van der Waals surface area contributed by atoms with Gasteiger partial charge in [-0.2, -0.15) is 0 Å². The highest BCUT2D eigenvalue weighted by Crippen LogP contribution is 2.11. The second kappa shape index (κ2) is 37.0. The van der Waals surface area contributed by atoms with Crippen LogP contribution >= 0.6 is 0 Å². The number of ether oxygens (including phenoxy) is 2. The van der Waals surface area contributed by atoms with E-state index in [1.54, 1.807) is 0 Å². The van der Waals surface area contributed by atoms with Crippen LogP contribution in [0.1, 0.15) is 168 Å². The predicted octanol–water partition coefficient (Wildman–Crippen LogP) is 12.3. The van der Waals surface area contributed by atoms with Gasteiger partial charge in [-0.25, -0.2) is 4.21 Å². The molecule has 0 saturated heterocycles. The van der Waals surface area contributed by atoms with Gasteiger partial charge in [-0.3, -0.25) is 4.18 Å². The van der Waals surface area contributed by atoms with Crippen LogP contribution in [-0.2, 0) is 33.6 Å². The first-order valence-corrected chi connectivity index (χ1v) is 21.9. The molecule has 0 fully saturated rings. The Bertz CT molecular complexity index is 832. The minimum absolute atomic E-state index is 0.216. The lowest BCUT2D eigenvalue weighted by molar-refractivity contribution is -0.0369. The van der Waals surface area contributed by atoms with Gasteiger partial charge in [0.1, 0.15) is 14.9 Å². The van der Waals surface area contributed by atoms with Gasteiger partial charge in [0.25, 0.3) is 0 Å². The quantitative estimate of drug-likeness (QED) is 0.0486. The molecule has 6 heteroatoms. The minimum atomic E-state index is -2.66. The second-order valence-electron chi connectivity index (χ2n) is 12.7. The Morgan fingerprint density at radius 3 is 1.35 bits per heavy atom. The Balaban J connectivity index is 3.76. The molecule has 0 amide bonds. The lowest BCUT2D eigenvalue weighted by Gasteiger charge is -2.18. The molecule has 0 spiro atoms. The third-order valence-corrected chi connectivity index (χ3v) is 8.81. The molecule has 0 aromatic carbocycles. The topological polar surface area (TPSA) is 44.8 Å². The third kappa shape index (κ3) is 39.4. The van der Waals surface area contributed by atoms with Crippen molar-refractivity contribution in [3.05, 3.63) is 48.6 Å². The molecule has 4 nitrogen and oxygen atoms in total. The SMILES string of the molecule is CCCCC/C=C\C/C=C\CCCCCCCCOCC(COS(C)(=O)=S)OCCCCCCCC/C=C\C/C=C\CCCCC. The maximum absolute atomic E-state index is 11.8. The molecular formula is C40H74O4S2. The van der Waals surface area contributed by atoms with E-state index < -0.39 is 8.77 Å². The van der Waals surface area contributed by atoms with E-state index in [2.05, 4.69) is 62.5 Å². The van der Waals surface area contributed by atoms with Crippen molar-refractivity contribution in [2.45, 2.75) is 174 Å². The average molecular weight is 683 g/mol. The first kappa shape index (κ1) is 45.2. The maximum Gasteiger partial charge on any atom is 0.141 e. The highest BCUT2D eigenvalue weighted by Gasteiger charge is 2.12. The number of rotatable bonds is 36. The Kier molecular flexibility index (Phi) is 36.4. The summed E-state index contributed by atoms with van der Waals surface area (Å²) in [7, 11) is -2.66. The summed E-state index contributed by atoms with van der Waals surface area (Å²) in [5.74, 6) is 0. The molecule has 0 rings (SSSR count). The Labute approximate surface area is 292 Å². The molecule has 0 aromatic rings. The summed E-state index contributed by atoms with van der Waals surface area (Å²) >= 11 is 4.92. The van der Waals surface area contributed by atoms with Crippen molar-refractivity contribution < 1.29 is 17.9 Å². The van der Waals surface area contributed by atoms with Crippen LogP contribution < -0.4 is 0 Å². The molecule has 0 saturated carbocycles. The largest absolute Gasteiger partial charge is 0.379 e. The van der Waals surface area contributed by atoms with Crippen molar-refractivity contribution in [2.24, 2.45) is 0 Å². The van der Waals surface area contributed by atoms with Crippen LogP contribution in [0, 0.1) is 0 Å². The summed E-state index contributed by atoms with van der Waals surface area (Å²) in [4.78, 5) is 0. The first-order valence-electron chi connectivity index (χ1n) is 19.1. The smallest absolute Gasteiger partial charge is 0.141 e. The summed E-state index contributed by atoms with van der Waals surface area (Å²) < 4.78 is 29.2. The summed E-state index contributed by atoms with van der Waals surface area (Å²) in [6, 6.07) is 0. The van der Waals surface area contributed by atoms with Crippen LogP contribution in [0.3, 0.4) is 0 Å². The highest BCUT2D eigenvalue weighted by molar-refractivity contribution is 8.29. The van der Waals surface area contributed by atoms with Gasteiger partial charge in [0, 0.05) is 30.7 Å². The summed E-state index contributed by atoms with van der Waals surface area (Å²) in [6.07, 6.45) is 49.4. The molecule has 270 valence electrons. The highest BCUT2D eigenvalue weighted by atomic mass is 32.8. The van der Waals surface area contributed by atoms with Crippen LogP contribution in [-0.4, -0.2) is 43.0 Å². The fourth-order valence-corrected chi connectivity index (χ4v) is 5.66. The maximum atomic E-state index is 11.8. The van der Waals surface area contributed by atoms with Crippen molar-refractivity contribution >= 4 is 20.0 Å². The van der Waals surface area contributed by atoms with E-state index in [1.165, 1.54) is 135 Å². The van der Waals surface area contributed by atoms with Crippen molar-refractivity contribution in [2.75, 3.05) is 32.7 Å². The Hall–Kier alpha value is -0.790. The monoisotopic (exact) mass is 683 g/mol. The number of hydrogen-bond donors (Lipinski definition) is 0. The van der Waals surface area contributed by atoms with Crippen LogP contribution in [0.25, 0.3) is 0 Å². The van der Waals surface area contributed by atoms with E-state index in [1.807, 2.05) is 0 Å². The molecule has 0 aliphatic carbocycles. The lowest BCUT2D eigenvalue weighted by atomic mass is 10.1. The molecule has 0 aliphatic heterocycles. The summed E-state index contributed by atoms with van der Waals surface area (Å²) in [5, 5.41) is 0. The van der Waals surface area contributed by atoms with E-state index >= 15 is 0 Å². The van der Waals surface area contributed by atoms with Crippen LogP contribution in [0.5, 0.6) is 0 Å². The van der Waals surface area contributed by atoms with Crippen molar-refractivity contribution in [1.29, 1.82) is 0 Å². The number of hydrogen-bond acceptors (Lipinski definition) is 5. The zero-order chi connectivity index (χ0) is 33.7. The van der Waals surface area contributed by atoms with E-state index in [0.29, 0.717) is 13.2 Å². The molecule has 0 radical (unpaired) electrons. The fourth-order valence-electron chi connectivity index (χ4n) is 5.09. The first-order chi connectivity index (χ1) is 22.5. The van der Waals surface area contributed by atoms with Crippen molar-refractivity contribution in [1.82, 2.24) is 0 Å². The van der Waals surface area contributed by atoms with Crippen molar-refractivity contribution in [3.63, 3.8) is 0 Å². The van der Waals surface area contributed by atoms with Gasteiger partial charge in [-0.15, -0.1) is 0 Å². The standard InChI is InChI=1S/C40H74O4S2/c1-4-6-8-10-12-14-16-18-20-22-24-26-28-30-32-34-36-42-38-40(39-44-46(3,41)45)43-37-35-33-31-29-27-25-23-21-19-17-15-13-11-9-7-5-2/h12-15,18-21,40H,4-11,16-17,22-39H2,1-3H3/b14-12-,15-13-,20-18-,21-19-. The molecule has 2 atom stereocenters. The molecular weight excluding hydrogens is 609 g/mol. The second-order valence-corrected chi connectivity index (χ2v) is 16.2. The van der Waals surface area contributed by atoms with E-state index in [0.717, 1.165) is 32.3 Å². The van der Waals surface area contributed by atoms with Gasteiger partial charge in [0.2, 0.25) is 0 Å². The van der Waals surface area contributed by atoms with Gasteiger partial charge >= 0.3 is 0 Å². The van der Waals surface area contributed by atoms with Gasteiger partial charge in [-0.1, -0.05) is 140 Å². The van der Waals surface area contributed by atoms with Gasteiger partial charge in [-0.05, 0) is 77.0 Å². The Morgan fingerprint density at radius 1 is 0.522 bits per heavy atom. The molecule has 0 aromatic heterocycles. The van der Waals surface area contributed by atoms with Crippen LogP contribution in [0.15, 0.2) is 48.6 Å². The molecule has 0 N–H and O–H groups in total. The third-order valence-electron chi connectivity index (χ3n) is 7.96. The molecule has 0 aliphatic rings. The van der Waals surface area contributed by atoms with E-state index in [9.17, 15) is 4.21 Å². The van der Waals surface area contributed by atoms with E-state index in [4.69, 9.17) is 24.8 Å². The fraction of sp³-hybridized carbons (Fsp3) is 0.800. The predicted molar refractivity (Wildman–Crippen MR) is 207 cm³/mol.